The predicted octanol–water partition coefficient (Wildman–Crippen LogP) is 10.2. The van der Waals surface area contributed by atoms with Crippen LogP contribution in [0.15, 0.2) is 143 Å². The van der Waals surface area contributed by atoms with Gasteiger partial charge in [0.05, 0.1) is 32.8 Å². The van der Waals surface area contributed by atoms with Gasteiger partial charge in [0.1, 0.15) is 0 Å². The number of nitrogens with zero attached hydrogens (tertiary/aromatic N) is 5. The molecule has 0 radical (unpaired) electrons. The molecule has 0 fully saturated rings. The molecule has 0 spiro atoms. The van der Waals surface area contributed by atoms with Crippen LogP contribution in [0.2, 0.25) is 10.0 Å². The topological polar surface area (TPSA) is 78.3 Å². The monoisotopic (exact) mass is 751 g/mol. The molecule has 8 rings (SSSR count). The van der Waals surface area contributed by atoms with Crippen molar-refractivity contribution in [1.29, 1.82) is 0 Å². The molecule has 0 aliphatic carbocycles. The largest absolute Gasteiger partial charge is 0.428 e. The molecule has 0 bridgehead atoms. The van der Waals surface area contributed by atoms with E-state index in [0.717, 1.165) is 80.4 Å². The number of halogens is 2. The van der Waals surface area contributed by atoms with Gasteiger partial charge in [-0.2, -0.15) is 9.46 Å². The van der Waals surface area contributed by atoms with Crippen molar-refractivity contribution in [3.63, 3.8) is 0 Å². The lowest BCUT2D eigenvalue weighted by molar-refractivity contribution is 0.211. The van der Waals surface area contributed by atoms with Crippen molar-refractivity contribution >= 4 is 66.8 Å². The molecule has 2 heterocycles. The van der Waals surface area contributed by atoms with Gasteiger partial charge in [0.25, 0.3) is 0 Å². The van der Waals surface area contributed by atoms with Gasteiger partial charge in [0.15, 0.2) is 0 Å². The molecule has 0 aliphatic heterocycles. The number of fused-ring (bicyclic) bond motifs is 4. The normalized spacial score (nSPS) is 12.6. The summed E-state index contributed by atoms with van der Waals surface area (Å²) in [4.78, 5) is 12.6. The molecule has 0 unspecified atom stereocenters. The summed E-state index contributed by atoms with van der Waals surface area (Å²) in [5.41, 5.74) is 6.92. The van der Waals surface area contributed by atoms with Gasteiger partial charge in [0, 0.05) is 44.7 Å². The highest BCUT2D eigenvalue weighted by Gasteiger charge is 2.13. The van der Waals surface area contributed by atoms with Crippen molar-refractivity contribution in [2.75, 3.05) is 33.2 Å². The van der Waals surface area contributed by atoms with Crippen LogP contribution in [0.25, 0.3) is 65.9 Å². The molecule has 2 N–H and O–H groups in total. The van der Waals surface area contributed by atoms with E-state index in [2.05, 4.69) is 48.3 Å². The minimum Gasteiger partial charge on any atom is -0.428 e. The van der Waals surface area contributed by atoms with Gasteiger partial charge in [-0.1, -0.05) is 96.0 Å². The van der Waals surface area contributed by atoms with E-state index in [1.165, 1.54) is 9.46 Å². The molecule has 0 saturated carbocycles. The third kappa shape index (κ3) is 7.06. The van der Waals surface area contributed by atoms with E-state index < -0.39 is 0 Å². The van der Waals surface area contributed by atoms with Crippen LogP contribution in [0.1, 0.15) is 12.8 Å². The van der Waals surface area contributed by atoms with Crippen LogP contribution in [0.3, 0.4) is 0 Å². The number of hydrogen-bond acceptors (Lipinski definition) is 5. The van der Waals surface area contributed by atoms with Crippen LogP contribution in [0.4, 0.5) is 0 Å². The highest BCUT2D eigenvalue weighted by atomic mass is 35.5. The third-order valence-electron chi connectivity index (χ3n) is 10.00. The van der Waals surface area contributed by atoms with Crippen LogP contribution in [-0.2, 0) is 0 Å². The summed E-state index contributed by atoms with van der Waals surface area (Å²) in [6.07, 6.45) is 1.73. The van der Waals surface area contributed by atoms with Gasteiger partial charge in [-0.25, -0.2) is 0 Å². The summed E-state index contributed by atoms with van der Waals surface area (Å²) < 4.78 is 2.42. The van der Waals surface area contributed by atoms with Gasteiger partial charge in [-0.15, -0.1) is 0 Å². The first-order chi connectivity index (χ1) is 26.4. The van der Waals surface area contributed by atoms with Crippen LogP contribution in [0, 0.1) is 0 Å². The Balaban J connectivity index is 1.01. The van der Waals surface area contributed by atoms with E-state index in [0.29, 0.717) is 45.2 Å². The number of benzene rings is 6. The van der Waals surface area contributed by atoms with Crippen molar-refractivity contribution in [3.8, 4) is 22.3 Å². The maximum absolute atomic E-state index is 11.2. The van der Waals surface area contributed by atoms with E-state index in [1.807, 2.05) is 84.9 Å². The zero-order valence-electron chi connectivity index (χ0n) is 29.8. The first-order valence-corrected chi connectivity index (χ1v) is 18.9. The van der Waals surface area contributed by atoms with Crippen LogP contribution < -0.4 is 10.7 Å². The third-order valence-corrected chi connectivity index (χ3v) is 10.5. The summed E-state index contributed by atoms with van der Waals surface area (Å²) in [5.74, 6) is 0. The first-order valence-electron chi connectivity index (χ1n) is 18.1. The Kier molecular flexibility index (Phi) is 10.1. The standard InChI is InChI=1S/C45H39Cl2N5O2/c1-50(24-8-22-48-44-36-18-16-34(46)28-42(36)51(53)40-20-14-32(26-38(40)44)30-10-4-2-5-11-30)25-9-23-49-45-37-19-17-35(47)29-43(37)52(54)41-21-15-33(27-39(41)45)31-12-6-3-7-13-31/h2-7,10-21,26-29,53-54H,8-9,22-25H2,1H3. The highest BCUT2D eigenvalue weighted by molar-refractivity contribution is 6.31. The molecule has 54 heavy (non-hydrogen) atoms. The minimum absolute atomic E-state index is 0.553. The summed E-state index contributed by atoms with van der Waals surface area (Å²) in [7, 11) is 2.13. The quantitative estimate of drug-likeness (QED) is 0.0830. The Morgan fingerprint density at radius 1 is 0.481 bits per heavy atom. The van der Waals surface area contributed by atoms with Gasteiger partial charge in [-0.05, 0) is 116 Å². The van der Waals surface area contributed by atoms with Crippen molar-refractivity contribution in [2.24, 2.45) is 9.98 Å². The van der Waals surface area contributed by atoms with Crippen molar-refractivity contribution in [1.82, 2.24) is 14.4 Å². The lowest BCUT2D eigenvalue weighted by atomic mass is 10.0. The first kappa shape index (κ1) is 35.4. The Morgan fingerprint density at radius 3 is 1.33 bits per heavy atom. The summed E-state index contributed by atoms with van der Waals surface area (Å²) >= 11 is 12.7. The number of hydrogen-bond donors (Lipinski definition) is 2. The average Bonchev–Trinajstić information content (AvgIpc) is 3.20. The average molecular weight is 753 g/mol. The Bertz CT molecular complexity index is 2610. The maximum Gasteiger partial charge on any atom is 0.0908 e. The summed E-state index contributed by atoms with van der Waals surface area (Å²) in [6.45, 7) is 2.99. The molecule has 0 saturated heterocycles. The van der Waals surface area contributed by atoms with Crippen LogP contribution in [-0.4, -0.2) is 58.0 Å². The van der Waals surface area contributed by atoms with E-state index in [4.69, 9.17) is 33.2 Å². The van der Waals surface area contributed by atoms with Gasteiger partial charge >= 0.3 is 0 Å². The van der Waals surface area contributed by atoms with E-state index in [1.54, 1.807) is 12.1 Å². The molecule has 270 valence electrons. The molecule has 0 atom stereocenters. The second-order valence-corrected chi connectivity index (χ2v) is 14.5. The lowest BCUT2D eigenvalue weighted by Gasteiger charge is -2.16. The predicted molar refractivity (Wildman–Crippen MR) is 222 cm³/mol. The Morgan fingerprint density at radius 2 is 0.907 bits per heavy atom. The molecular weight excluding hydrogens is 713 g/mol. The van der Waals surface area contributed by atoms with E-state index in [-0.39, 0.29) is 0 Å². The van der Waals surface area contributed by atoms with Gasteiger partial charge in [-0.3, -0.25) is 9.98 Å². The van der Waals surface area contributed by atoms with Crippen molar-refractivity contribution in [3.05, 3.63) is 154 Å². The maximum atomic E-state index is 11.2. The molecule has 0 aliphatic rings. The number of aromatic nitrogens is 2. The van der Waals surface area contributed by atoms with Gasteiger partial charge in [0.2, 0.25) is 0 Å². The zero-order chi connectivity index (χ0) is 37.2. The van der Waals surface area contributed by atoms with Gasteiger partial charge < -0.3 is 15.3 Å². The lowest BCUT2D eigenvalue weighted by Crippen LogP contribution is -2.23. The van der Waals surface area contributed by atoms with Crippen molar-refractivity contribution < 1.29 is 10.4 Å². The van der Waals surface area contributed by atoms with E-state index >= 15 is 0 Å². The number of rotatable bonds is 10. The molecule has 9 heteroatoms. The summed E-state index contributed by atoms with van der Waals surface area (Å²) in [6, 6.07) is 43.7. The van der Waals surface area contributed by atoms with Crippen LogP contribution in [0.5, 0.6) is 0 Å². The van der Waals surface area contributed by atoms with E-state index in [9.17, 15) is 10.4 Å². The molecule has 0 amide bonds. The Labute approximate surface area is 322 Å². The highest BCUT2D eigenvalue weighted by Crippen LogP contribution is 2.28. The second-order valence-electron chi connectivity index (χ2n) is 13.6. The second kappa shape index (κ2) is 15.4. The smallest absolute Gasteiger partial charge is 0.0908 e. The fourth-order valence-corrected chi connectivity index (χ4v) is 7.60. The van der Waals surface area contributed by atoms with Crippen LogP contribution >= 0.6 is 23.2 Å². The minimum atomic E-state index is 0.553. The molecule has 6 aromatic carbocycles. The van der Waals surface area contributed by atoms with Crippen molar-refractivity contribution in [2.45, 2.75) is 12.8 Å². The molecular formula is C45H39Cl2N5O2. The number of pyridine rings is 2. The fraction of sp³-hybridized carbons (Fsp3) is 0.156. The SMILES string of the molecule is CN(CCCN=c1c2cc(-c3ccccc3)ccc2n(O)c2cc(Cl)ccc12)CCCN=c1c2cc(-c3ccccc3)ccc2n(O)c2cc(Cl)ccc12. The molecule has 8 aromatic rings. The molecule has 7 nitrogen and oxygen atoms in total. The summed E-state index contributed by atoms with van der Waals surface area (Å²) in [5, 5.41) is 28.7. The zero-order valence-corrected chi connectivity index (χ0v) is 31.3. The molecule has 2 aromatic heterocycles. The fourth-order valence-electron chi connectivity index (χ4n) is 7.27. The Hall–Kier alpha value is -5.60.